The van der Waals surface area contributed by atoms with Crippen LogP contribution in [0.5, 0.6) is 11.5 Å². The number of nitrogen functional groups attached to an aromatic ring is 1. The Kier molecular flexibility index (Phi) is 2.99. The molecule has 1 aromatic heterocycles. The summed E-state index contributed by atoms with van der Waals surface area (Å²) >= 11 is 0. The summed E-state index contributed by atoms with van der Waals surface area (Å²) in [6, 6.07) is 12.2. The number of fused-ring (bicyclic) bond motifs is 1. The first-order valence-electron chi connectivity index (χ1n) is 6.22. The van der Waals surface area contributed by atoms with Crippen molar-refractivity contribution in [3.63, 3.8) is 0 Å². The molecule has 0 fully saturated rings. The molecule has 4 heteroatoms. The van der Waals surface area contributed by atoms with E-state index in [4.69, 9.17) is 10.5 Å². The average molecular weight is 268 g/mol. The molecule has 1 heterocycles. The van der Waals surface area contributed by atoms with Gasteiger partial charge in [0.2, 0.25) is 0 Å². The summed E-state index contributed by atoms with van der Waals surface area (Å²) in [6.07, 6.45) is 1.56. The highest BCUT2D eigenvalue weighted by Crippen LogP contribution is 2.34. The number of pyridine rings is 1. The van der Waals surface area contributed by atoms with Crippen molar-refractivity contribution in [2.24, 2.45) is 0 Å². The molecule has 20 heavy (non-hydrogen) atoms. The fraction of sp³-hybridized carbons (Fsp3) is 0.0625. The first kappa shape index (κ1) is 12.4. The summed E-state index contributed by atoms with van der Waals surface area (Å²) in [5, 5.41) is 0.828. The van der Waals surface area contributed by atoms with Gasteiger partial charge in [0.25, 0.3) is 0 Å². The molecule has 0 bridgehead atoms. The maximum absolute atomic E-state index is 13.3. The number of anilines is 1. The fourth-order valence-corrected chi connectivity index (χ4v) is 2.04. The Morgan fingerprint density at radius 1 is 1.15 bits per heavy atom. The topological polar surface area (TPSA) is 48.1 Å². The lowest BCUT2D eigenvalue weighted by Crippen LogP contribution is -1.95. The van der Waals surface area contributed by atoms with Crippen LogP contribution in [0.15, 0.2) is 48.7 Å². The number of ether oxygens (including phenoxy) is 1. The summed E-state index contributed by atoms with van der Waals surface area (Å²) in [5.74, 6) is 0.832. The quantitative estimate of drug-likeness (QED) is 0.762. The maximum atomic E-state index is 13.3. The number of aromatic nitrogens is 1. The Hall–Kier alpha value is -2.62. The van der Waals surface area contributed by atoms with Crippen molar-refractivity contribution < 1.29 is 9.13 Å². The first-order valence-corrected chi connectivity index (χ1v) is 6.22. The van der Waals surface area contributed by atoms with Crippen molar-refractivity contribution in [2.75, 3.05) is 5.73 Å². The van der Waals surface area contributed by atoms with Gasteiger partial charge in [0, 0.05) is 5.39 Å². The number of para-hydroxylation sites is 1. The first-order chi connectivity index (χ1) is 9.65. The van der Waals surface area contributed by atoms with Crippen LogP contribution in [0.3, 0.4) is 0 Å². The van der Waals surface area contributed by atoms with Gasteiger partial charge in [-0.1, -0.05) is 12.1 Å². The maximum Gasteiger partial charge on any atom is 0.161 e. The van der Waals surface area contributed by atoms with Crippen LogP contribution in [0.4, 0.5) is 10.1 Å². The van der Waals surface area contributed by atoms with Crippen LogP contribution in [0.25, 0.3) is 10.9 Å². The standard InChI is InChI=1S/C16H13FN2O/c1-10-8-11(6-7-13(10)17)20-16-12-4-2-3-5-15(12)19-9-14(16)18/h2-9H,18H2,1H3. The van der Waals surface area contributed by atoms with Gasteiger partial charge in [-0.25, -0.2) is 4.39 Å². The normalized spacial score (nSPS) is 10.7. The summed E-state index contributed by atoms with van der Waals surface area (Å²) < 4.78 is 19.1. The minimum Gasteiger partial charge on any atom is -0.454 e. The van der Waals surface area contributed by atoms with Gasteiger partial charge in [-0.05, 0) is 42.8 Å². The predicted octanol–water partition coefficient (Wildman–Crippen LogP) is 4.06. The van der Waals surface area contributed by atoms with Gasteiger partial charge in [0.05, 0.1) is 17.4 Å². The lowest BCUT2D eigenvalue weighted by Gasteiger charge is -2.11. The highest BCUT2D eigenvalue weighted by Gasteiger charge is 2.09. The van der Waals surface area contributed by atoms with E-state index < -0.39 is 0 Å². The van der Waals surface area contributed by atoms with Crippen LogP contribution in [-0.4, -0.2) is 4.98 Å². The molecular formula is C16H13FN2O. The molecule has 0 radical (unpaired) electrons. The van der Waals surface area contributed by atoms with Gasteiger partial charge < -0.3 is 10.5 Å². The molecule has 0 aliphatic carbocycles. The number of aryl methyl sites for hydroxylation is 1. The smallest absolute Gasteiger partial charge is 0.161 e. The number of rotatable bonds is 2. The number of hydrogen-bond donors (Lipinski definition) is 1. The lowest BCUT2D eigenvalue weighted by molar-refractivity contribution is 0.487. The van der Waals surface area contributed by atoms with Crippen molar-refractivity contribution >= 4 is 16.6 Å². The Morgan fingerprint density at radius 3 is 2.75 bits per heavy atom. The summed E-state index contributed by atoms with van der Waals surface area (Å²) in [6.45, 7) is 1.69. The van der Waals surface area contributed by atoms with Gasteiger partial charge >= 0.3 is 0 Å². The Labute approximate surface area is 115 Å². The molecule has 0 amide bonds. The number of nitrogens with zero attached hydrogens (tertiary/aromatic N) is 1. The van der Waals surface area contributed by atoms with E-state index in [1.807, 2.05) is 24.3 Å². The molecule has 2 N–H and O–H groups in total. The zero-order chi connectivity index (χ0) is 14.1. The minimum absolute atomic E-state index is 0.259. The molecule has 3 aromatic rings. The van der Waals surface area contributed by atoms with E-state index in [-0.39, 0.29) is 5.82 Å². The fourth-order valence-electron chi connectivity index (χ4n) is 2.04. The van der Waals surface area contributed by atoms with E-state index in [1.165, 1.54) is 6.07 Å². The molecule has 0 aliphatic heterocycles. The number of hydrogen-bond acceptors (Lipinski definition) is 3. The highest BCUT2D eigenvalue weighted by molar-refractivity contribution is 5.89. The van der Waals surface area contributed by atoms with Gasteiger partial charge in [0.15, 0.2) is 5.75 Å². The Bertz CT molecular complexity index is 787. The Morgan fingerprint density at radius 2 is 1.95 bits per heavy atom. The van der Waals surface area contributed by atoms with E-state index in [0.717, 1.165) is 10.9 Å². The SMILES string of the molecule is Cc1cc(Oc2c(N)cnc3ccccc23)ccc1F. The van der Waals surface area contributed by atoms with Crippen molar-refractivity contribution in [1.82, 2.24) is 4.98 Å². The van der Waals surface area contributed by atoms with E-state index in [9.17, 15) is 4.39 Å². The molecular weight excluding hydrogens is 255 g/mol. The molecule has 3 rings (SSSR count). The summed E-state index contributed by atoms with van der Waals surface area (Å²) in [7, 11) is 0. The molecule has 3 nitrogen and oxygen atoms in total. The third-order valence-electron chi connectivity index (χ3n) is 3.10. The van der Waals surface area contributed by atoms with Crippen molar-refractivity contribution in [1.29, 1.82) is 0 Å². The van der Waals surface area contributed by atoms with E-state index >= 15 is 0 Å². The van der Waals surface area contributed by atoms with Gasteiger partial charge in [-0.3, -0.25) is 4.98 Å². The average Bonchev–Trinajstić information content (AvgIpc) is 2.46. The molecule has 100 valence electrons. The highest BCUT2D eigenvalue weighted by atomic mass is 19.1. The number of benzene rings is 2. The van der Waals surface area contributed by atoms with Crippen LogP contribution in [0.2, 0.25) is 0 Å². The third kappa shape index (κ3) is 2.16. The minimum atomic E-state index is -0.259. The van der Waals surface area contributed by atoms with Crippen molar-refractivity contribution in [2.45, 2.75) is 6.92 Å². The van der Waals surface area contributed by atoms with E-state index in [1.54, 1.807) is 25.3 Å². The Balaban J connectivity index is 2.10. The summed E-state index contributed by atoms with van der Waals surface area (Å²) in [4.78, 5) is 4.25. The molecule has 0 saturated heterocycles. The van der Waals surface area contributed by atoms with Crippen LogP contribution in [0, 0.1) is 12.7 Å². The number of halogens is 1. The molecule has 2 aromatic carbocycles. The second kappa shape index (κ2) is 4.81. The number of nitrogens with two attached hydrogens (primary N) is 1. The second-order valence-corrected chi connectivity index (χ2v) is 4.57. The zero-order valence-electron chi connectivity index (χ0n) is 10.9. The molecule has 0 saturated carbocycles. The summed E-state index contributed by atoms with van der Waals surface area (Å²) in [5.41, 5.74) is 7.72. The molecule has 0 atom stereocenters. The van der Waals surface area contributed by atoms with Crippen LogP contribution < -0.4 is 10.5 Å². The van der Waals surface area contributed by atoms with E-state index in [2.05, 4.69) is 4.98 Å². The van der Waals surface area contributed by atoms with Crippen LogP contribution >= 0.6 is 0 Å². The van der Waals surface area contributed by atoms with Gasteiger partial charge in [-0.15, -0.1) is 0 Å². The monoisotopic (exact) mass is 268 g/mol. The van der Waals surface area contributed by atoms with Crippen molar-refractivity contribution in [3.8, 4) is 11.5 Å². The van der Waals surface area contributed by atoms with Gasteiger partial charge in [0.1, 0.15) is 11.6 Å². The largest absolute Gasteiger partial charge is 0.454 e. The lowest BCUT2D eigenvalue weighted by atomic mass is 10.2. The van der Waals surface area contributed by atoms with Crippen LogP contribution in [-0.2, 0) is 0 Å². The molecule has 0 unspecified atom stereocenters. The predicted molar refractivity (Wildman–Crippen MR) is 77.4 cm³/mol. The van der Waals surface area contributed by atoms with Crippen LogP contribution in [0.1, 0.15) is 5.56 Å². The second-order valence-electron chi connectivity index (χ2n) is 4.57. The van der Waals surface area contributed by atoms with E-state index in [0.29, 0.717) is 22.7 Å². The molecule has 0 spiro atoms. The van der Waals surface area contributed by atoms with Crippen molar-refractivity contribution in [3.05, 3.63) is 60.0 Å². The third-order valence-corrected chi connectivity index (χ3v) is 3.10. The zero-order valence-corrected chi connectivity index (χ0v) is 10.9. The molecule has 0 aliphatic rings. The van der Waals surface area contributed by atoms with Gasteiger partial charge in [-0.2, -0.15) is 0 Å².